The largest absolute Gasteiger partial charge is 0.356 e. The zero-order chi connectivity index (χ0) is 32.0. The molecule has 3 heteroatoms. The minimum absolute atomic E-state index is 0.104. The summed E-state index contributed by atoms with van der Waals surface area (Å²) in [6, 6.07) is 0. The van der Waals surface area contributed by atoms with E-state index in [1.165, 1.54) is 219 Å². The molecule has 0 saturated carbocycles. The molecule has 0 aromatic rings. The van der Waals surface area contributed by atoms with Gasteiger partial charge in [-0.2, -0.15) is 0 Å². The molecule has 0 aromatic heterocycles. The second-order valence-corrected chi connectivity index (χ2v) is 14.3. The predicted octanol–water partition coefficient (Wildman–Crippen LogP) is 13.3. The molecule has 264 valence electrons. The second kappa shape index (κ2) is 38.6. The van der Waals surface area contributed by atoms with Crippen molar-refractivity contribution >= 4 is 5.91 Å². The van der Waals surface area contributed by atoms with Gasteiger partial charge < -0.3 is 10.2 Å². The number of carbonyl (C=O) groups is 1. The van der Waals surface area contributed by atoms with Gasteiger partial charge in [0.15, 0.2) is 0 Å². The third-order valence-corrected chi connectivity index (χ3v) is 9.68. The normalized spacial score (nSPS) is 11.5. The highest BCUT2D eigenvalue weighted by atomic mass is 16.1. The summed E-state index contributed by atoms with van der Waals surface area (Å²) in [5.74, 6) is 0.104. The Morgan fingerprint density at radius 3 is 0.841 bits per heavy atom. The molecule has 0 rings (SSSR count). The lowest BCUT2D eigenvalue weighted by Gasteiger charge is -2.22. The average Bonchev–Trinajstić information content (AvgIpc) is 3.02. The molecule has 3 nitrogen and oxygen atoms in total. The zero-order valence-corrected chi connectivity index (χ0v) is 31.0. The SMILES string of the molecule is CCCCCCCCCCCCCCCCCCN(CCCCCCCCCCCCCCCCCC)CCCNC(C)=O. The van der Waals surface area contributed by atoms with Crippen LogP contribution < -0.4 is 5.32 Å². The second-order valence-electron chi connectivity index (χ2n) is 14.3. The number of amides is 1. The Hall–Kier alpha value is -0.570. The highest BCUT2D eigenvalue weighted by Gasteiger charge is 2.05. The lowest BCUT2D eigenvalue weighted by molar-refractivity contribution is -0.118. The lowest BCUT2D eigenvalue weighted by Crippen LogP contribution is -2.30. The van der Waals surface area contributed by atoms with E-state index in [9.17, 15) is 4.79 Å². The molecule has 0 atom stereocenters. The molecule has 0 spiro atoms. The molecule has 1 N–H and O–H groups in total. The fourth-order valence-corrected chi connectivity index (χ4v) is 6.67. The van der Waals surface area contributed by atoms with Gasteiger partial charge >= 0.3 is 0 Å². The molecule has 0 bridgehead atoms. The zero-order valence-electron chi connectivity index (χ0n) is 31.0. The van der Waals surface area contributed by atoms with E-state index in [2.05, 4.69) is 24.1 Å². The molecule has 0 aliphatic heterocycles. The first-order valence-electron chi connectivity index (χ1n) is 20.7. The third-order valence-electron chi connectivity index (χ3n) is 9.68. The molecule has 0 saturated heterocycles. The van der Waals surface area contributed by atoms with E-state index in [1.54, 1.807) is 6.92 Å². The number of rotatable bonds is 38. The van der Waals surface area contributed by atoms with E-state index in [0.717, 1.165) is 19.5 Å². The average molecular weight is 621 g/mol. The first-order valence-corrected chi connectivity index (χ1v) is 20.7. The van der Waals surface area contributed by atoms with Gasteiger partial charge in [0.2, 0.25) is 5.91 Å². The molecule has 0 fully saturated rings. The van der Waals surface area contributed by atoms with Crippen LogP contribution in [0.2, 0.25) is 0 Å². The summed E-state index contributed by atoms with van der Waals surface area (Å²) in [6.07, 6.45) is 47.0. The Morgan fingerprint density at radius 2 is 0.591 bits per heavy atom. The van der Waals surface area contributed by atoms with Crippen LogP contribution in [-0.4, -0.2) is 37.0 Å². The van der Waals surface area contributed by atoms with Crippen molar-refractivity contribution in [2.24, 2.45) is 0 Å². The van der Waals surface area contributed by atoms with Crippen LogP contribution in [-0.2, 0) is 4.79 Å². The summed E-state index contributed by atoms with van der Waals surface area (Å²) in [7, 11) is 0. The van der Waals surface area contributed by atoms with Crippen LogP contribution in [0.1, 0.15) is 233 Å². The van der Waals surface area contributed by atoms with Gasteiger partial charge in [-0.05, 0) is 38.9 Å². The first-order chi connectivity index (χ1) is 21.7. The minimum atomic E-state index is 0.104. The van der Waals surface area contributed by atoms with Crippen LogP contribution in [0.4, 0.5) is 0 Å². The van der Waals surface area contributed by atoms with Gasteiger partial charge in [-0.15, -0.1) is 0 Å². The number of nitrogens with zero attached hydrogens (tertiary/aromatic N) is 1. The van der Waals surface area contributed by atoms with Gasteiger partial charge in [0.1, 0.15) is 0 Å². The number of hydrogen-bond acceptors (Lipinski definition) is 2. The fourth-order valence-electron chi connectivity index (χ4n) is 6.67. The Labute approximate surface area is 279 Å². The fraction of sp³-hybridized carbons (Fsp3) is 0.976. The van der Waals surface area contributed by atoms with Gasteiger partial charge in [0, 0.05) is 13.5 Å². The molecular formula is C41H84N2O. The standard InChI is InChI=1S/C41H84N2O/c1-4-6-8-10-12-14-16-18-20-22-24-26-28-30-32-34-38-43(40-36-37-42-41(3)44)39-35-33-31-29-27-25-23-21-19-17-15-13-11-9-7-5-2/h4-40H2,1-3H3,(H,42,44). The van der Waals surface area contributed by atoms with Crippen molar-refractivity contribution in [2.75, 3.05) is 26.2 Å². The van der Waals surface area contributed by atoms with Gasteiger partial charge in [-0.3, -0.25) is 4.79 Å². The number of nitrogens with one attached hydrogen (secondary N) is 1. The van der Waals surface area contributed by atoms with E-state index in [-0.39, 0.29) is 5.91 Å². The van der Waals surface area contributed by atoms with E-state index >= 15 is 0 Å². The van der Waals surface area contributed by atoms with Crippen molar-refractivity contribution in [3.8, 4) is 0 Å². The topological polar surface area (TPSA) is 32.3 Å². The van der Waals surface area contributed by atoms with Crippen LogP contribution in [0.25, 0.3) is 0 Å². The predicted molar refractivity (Wildman–Crippen MR) is 199 cm³/mol. The minimum Gasteiger partial charge on any atom is -0.356 e. The summed E-state index contributed by atoms with van der Waals surface area (Å²) >= 11 is 0. The van der Waals surface area contributed by atoms with E-state index < -0.39 is 0 Å². The van der Waals surface area contributed by atoms with E-state index in [0.29, 0.717) is 0 Å². The van der Waals surface area contributed by atoms with Gasteiger partial charge in [0.05, 0.1) is 0 Å². The van der Waals surface area contributed by atoms with Crippen molar-refractivity contribution in [3.05, 3.63) is 0 Å². The van der Waals surface area contributed by atoms with Crippen molar-refractivity contribution in [3.63, 3.8) is 0 Å². The maximum atomic E-state index is 11.2. The van der Waals surface area contributed by atoms with Crippen LogP contribution in [0, 0.1) is 0 Å². The van der Waals surface area contributed by atoms with Gasteiger partial charge in [-0.1, -0.05) is 206 Å². The molecule has 44 heavy (non-hydrogen) atoms. The molecule has 0 aliphatic rings. The van der Waals surface area contributed by atoms with E-state index in [1.807, 2.05) is 0 Å². The molecule has 1 amide bonds. The van der Waals surface area contributed by atoms with Gasteiger partial charge in [0.25, 0.3) is 0 Å². The maximum absolute atomic E-state index is 11.2. The van der Waals surface area contributed by atoms with Gasteiger partial charge in [-0.25, -0.2) is 0 Å². The van der Waals surface area contributed by atoms with Crippen LogP contribution in [0.5, 0.6) is 0 Å². The Morgan fingerprint density at radius 1 is 0.364 bits per heavy atom. The summed E-state index contributed by atoms with van der Waals surface area (Å²) < 4.78 is 0. The quantitative estimate of drug-likeness (QED) is 0.0696. The van der Waals surface area contributed by atoms with Crippen LogP contribution in [0.3, 0.4) is 0 Å². The van der Waals surface area contributed by atoms with Crippen LogP contribution >= 0.6 is 0 Å². The van der Waals surface area contributed by atoms with Crippen molar-refractivity contribution in [1.29, 1.82) is 0 Å². The number of hydrogen-bond donors (Lipinski definition) is 1. The Kier molecular flexibility index (Phi) is 38.1. The monoisotopic (exact) mass is 621 g/mol. The molecule has 0 aromatic carbocycles. The van der Waals surface area contributed by atoms with Crippen molar-refractivity contribution in [1.82, 2.24) is 10.2 Å². The molecule has 0 radical (unpaired) electrons. The molecule has 0 unspecified atom stereocenters. The lowest BCUT2D eigenvalue weighted by atomic mass is 10.0. The number of unbranched alkanes of at least 4 members (excludes halogenated alkanes) is 30. The van der Waals surface area contributed by atoms with Crippen LogP contribution in [0.15, 0.2) is 0 Å². The van der Waals surface area contributed by atoms with Crippen molar-refractivity contribution in [2.45, 2.75) is 233 Å². The third kappa shape index (κ3) is 37.6. The van der Waals surface area contributed by atoms with Crippen molar-refractivity contribution < 1.29 is 4.79 Å². The Bertz CT molecular complexity index is 501. The maximum Gasteiger partial charge on any atom is 0.216 e. The summed E-state index contributed by atoms with van der Waals surface area (Å²) in [5.41, 5.74) is 0. The smallest absolute Gasteiger partial charge is 0.216 e. The summed E-state index contributed by atoms with van der Waals surface area (Å²) in [4.78, 5) is 13.9. The molecular weight excluding hydrogens is 536 g/mol. The molecule has 0 aliphatic carbocycles. The highest BCUT2D eigenvalue weighted by Crippen LogP contribution is 2.16. The molecule has 0 heterocycles. The Balaban J connectivity index is 3.68. The summed E-state index contributed by atoms with van der Waals surface area (Å²) in [6.45, 7) is 10.7. The summed E-state index contributed by atoms with van der Waals surface area (Å²) in [5, 5.41) is 2.98. The number of carbonyl (C=O) groups excluding carboxylic acids is 1. The highest BCUT2D eigenvalue weighted by molar-refractivity contribution is 5.72. The first kappa shape index (κ1) is 43.4. The van der Waals surface area contributed by atoms with E-state index in [4.69, 9.17) is 0 Å².